The first kappa shape index (κ1) is 14.9. The van der Waals surface area contributed by atoms with Gasteiger partial charge in [0.25, 0.3) is 0 Å². The summed E-state index contributed by atoms with van der Waals surface area (Å²) in [7, 11) is -3.47. The number of hydrogen-bond acceptors (Lipinski definition) is 4. The summed E-state index contributed by atoms with van der Waals surface area (Å²) in [4.78, 5) is 23.7. The van der Waals surface area contributed by atoms with Gasteiger partial charge < -0.3 is 10.0 Å². The van der Waals surface area contributed by atoms with E-state index in [0.717, 1.165) is 6.26 Å². The van der Waals surface area contributed by atoms with Crippen LogP contribution in [0.4, 0.5) is 0 Å². The Balaban J connectivity index is 2.98. The van der Waals surface area contributed by atoms with Crippen molar-refractivity contribution < 1.29 is 23.1 Å². The zero-order valence-corrected chi connectivity index (χ0v) is 11.5. The van der Waals surface area contributed by atoms with Gasteiger partial charge in [-0.15, -0.1) is 0 Å². The third-order valence-corrected chi connectivity index (χ3v) is 4.33. The highest BCUT2D eigenvalue weighted by Crippen LogP contribution is 2.20. The van der Waals surface area contributed by atoms with Gasteiger partial charge in [0, 0.05) is 26.1 Å². The summed E-state index contributed by atoms with van der Waals surface area (Å²) in [6, 6.07) is -0.945. The van der Waals surface area contributed by atoms with E-state index in [4.69, 9.17) is 5.11 Å². The largest absolute Gasteiger partial charge is 0.481 e. The average molecular weight is 278 g/mol. The lowest BCUT2D eigenvalue weighted by Gasteiger charge is -2.43. The lowest BCUT2D eigenvalue weighted by Crippen LogP contribution is -2.60. The Labute approximate surface area is 106 Å². The maximum atomic E-state index is 11.6. The number of sulfonamides is 1. The van der Waals surface area contributed by atoms with Gasteiger partial charge in [0.1, 0.15) is 0 Å². The number of rotatable bonds is 3. The monoisotopic (exact) mass is 278 g/mol. The summed E-state index contributed by atoms with van der Waals surface area (Å²) in [5.41, 5.74) is 0. The summed E-state index contributed by atoms with van der Waals surface area (Å²) >= 11 is 0. The summed E-state index contributed by atoms with van der Waals surface area (Å²) in [6.07, 6.45) is 0.752. The molecule has 0 spiro atoms. The van der Waals surface area contributed by atoms with Crippen molar-refractivity contribution in [2.75, 3.05) is 19.3 Å². The summed E-state index contributed by atoms with van der Waals surface area (Å²) < 4.78 is 24.4. The second-order valence-corrected chi connectivity index (χ2v) is 6.54. The molecule has 104 valence electrons. The zero-order chi connectivity index (χ0) is 14.1. The van der Waals surface area contributed by atoms with Gasteiger partial charge in [-0.2, -0.15) is 4.31 Å². The first-order chi connectivity index (χ1) is 8.12. The summed E-state index contributed by atoms with van der Waals surface area (Å²) in [5.74, 6) is -1.25. The molecule has 0 aromatic carbocycles. The molecule has 0 aromatic heterocycles. The number of carboxylic acids is 1. The molecule has 7 nitrogen and oxygen atoms in total. The molecule has 18 heavy (non-hydrogen) atoms. The minimum absolute atomic E-state index is 0.121. The predicted octanol–water partition coefficient (Wildman–Crippen LogP) is -0.658. The second kappa shape index (κ2) is 5.23. The number of carbonyl (C=O) groups is 2. The molecular weight excluding hydrogens is 260 g/mol. The molecule has 1 heterocycles. The van der Waals surface area contributed by atoms with E-state index in [0.29, 0.717) is 0 Å². The van der Waals surface area contributed by atoms with Crippen LogP contribution in [0.25, 0.3) is 0 Å². The van der Waals surface area contributed by atoms with Crippen LogP contribution in [0.5, 0.6) is 0 Å². The van der Waals surface area contributed by atoms with Crippen molar-refractivity contribution >= 4 is 21.9 Å². The van der Waals surface area contributed by atoms with E-state index in [1.807, 2.05) is 0 Å². The number of amides is 1. The van der Waals surface area contributed by atoms with Crippen LogP contribution in [-0.4, -0.2) is 66.0 Å². The Kier molecular flexibility index (Phi) is 4.33. The van der Waals surface area contributed by atoms with E-state index in [2.05, 4.69) is 0 Å². The Morgan fingerprint density at radius 1 is 1.33 bits per heavy atom. The normalized spacial score (nSPS) is 26.1. The Bertz CT molecular complexity index is 447. The first-order valence-corrected chi connectivity index (χ1v) is 7.43. The molecule has 1 fully saturated rings. The molecule has 1 saturated heterocycles. The Morgan fingerprint density at radius 2 is 1.89 bits per heavy atom. The van der Waals surface area contributed by atoms with E-state index >= 15 is 0 Å². The topological polar surface area (TPSA) is 95.0 Å². The van der Waals surface area contributed by atoms with Crippen LogP contribution in [0.1, 0.15) is 20.3 Å². The molecule has 0 aliphatic carbocycles. The van der Waals surface area contributed by atoms with Crippen LogP contribution < -0.4 is 0 Å². The van der Waals surface area contributed by atoms with Gasteiger partial charge in [0.05, 0.1) is 18.7 Å². The van der Waals surface area contributed by atoms with Gasteiger partial charge in [-0.1, -0.05) is 0 Å². The number of carbonyl (C=O) groups excluding carboxylic acids is 1. The molecule has 1 aliphatic heterocycles. The van der Waals surface area contributed by atoms with Crippen LogP contribution in [0.15, 0.2) is 0 Å². The van der Waals surface area contributed by atoms with E-state index in [9.17, 15) is 18.0 Å². The van der Waals surface area contributed by atoms with Crippen LogP contribution >= 0.6 is 0 Å². The first-order valence-electron chi connectivity index (χ1n) is 5.58. The number of nitrogens with zero attached hydrogens (tertiary/aromatic N) is 2. The maximum Gasteiger partial charge on any atom is 0.305 e. The molecule has 1 amide bonds. The summed E-state index contributed by atoms with van der Waals surface area (Å²) in [5, 5.41) is 8.82. The average Bonchev–Trinajstić information content (AvgIpc) is 2.17. The molecule has 0 bridgehead atoms. The minimum atomic E-state index is -3.47. The van der Waals surface area contributed by atoms with Crippen molar-refractivity contribution in [3.05, 3.63) is 0 Å². The molecule has 8 heteroatoms. The highest BCUT2D eigenvalue weighted by atomic mass is 32.2. The number of aliphatic carboxylic acids is 1. The van der Waals surface area contributed by atoms with E-state index in [-0.39, 0.29) is 31.5 Å². The van der Waals surface area contributed by atoms with E-state index < -0.39 is 22.0 Å². The highest BCUT2D eigenvalue weighted by molar-refractivity contribution is 7.88. The van der Waals surface area contributed by atoms with E-state index in [1.165, 1.54) is 16.1 Å². The van der Waals surface area contributed by atoms with Crippen LogP contribution in [0.2, 0.25) is 0 Å². The Hall–Kier alpha value is -1.15. The fourth-order valence-electron chi connectivity index (χ4n) is 2.22. The van der Waals surface area contributed by atoms with Crippen molar-refractivity contribution in [3.63, 3.8) is 0 Å². The van der Waals surface area contributed by atoms with E-state index in [1.54, 1.807) is 6.92 Å². The molecule has 0 unspecified atom stereocenters. The lowest BCUT2D eigenvalue weighted by atomic mass is 10.1. The van der Waals surface area contributed by atoms with Crippen LogP contribution in [0.3, 0.4) is 0 Å². The van der Waals surface area contributed by atoms with Gasteiger partial charge in [-0.3, -0.25) is 9.59 Å². The summed E-state index contributed by atoms with van der Waals surface area (Å²) in [6.45, 7) is 3.40. The van der Waals surface area contributed by atoms with Gasteiger partial charge in [-0.25, -0.2) is 8.42 Å². The lowest BCUT2D eigenvalue weighted by molar-refractivity contribution is -0.141. The quantitative estimate of drug-likeness (QED) is 0.739. The number of hydrogen-bond donors (Lipinski definition) is 1. The van der Waals surface area contributed by atoms with Crippen molar-refractivity contribution in [2.24, 2.45) is 0 Å². The predicted molar refractivity (Wildman–Crippen MR) is 64.4 cm³/mol. The number of piperazine rings is 1. The van der Waals surface area contributed by atoms with Crippen molar-refractivity contribution in [3.8, 4) is 0 Å². The third kappa shape index (κ3) is 3.42. The smallest absolute Gasteiger partial charge is 0.305 e. The SMILES string of the molecule is CC(=O)N1C[C@@H](CC(=O)O)N(S(C)(=O)=O)C[C@@H]1C. The minimum Gasteiger partial charge on any atom is -0.481 e. The van der Waals surface area contributed by atoms with Crippen LogP contribution in [0, 0.1) is 0 Å². The van der Waals surface area contributed by atoms with Crippen molar-refractivity contribution in [1.82, 2.24) is 9.21 Å². The Morgan fingerprint density at radius 3 is 2.28 bits per heavy atom. The molecule has 0 radical (unpaired) electrons. The van der Waals surface area contributed by atoms with Gasteiger partial charge >= 0.3 is 5.97 Å². The van der Waals surface area contributed by atoms with Crippen LogP contribution in [-0.2, 0) is 19.6 Å². The van der Waals surface area contributed by atoms with Crippen molar-refractivity contribution in [1.29, 1.82) is 0 Å². The maximum absolute atomic E-state index is 11.6. The standard InChI is InChI=1S/C10H18N2O5S/c1-7-5-12(18(3,16)17)9(4-10(14)15)6-11(7)8(2)13/h7,9H,4-6H2,1-3H3,(H,14,15)/t7-,9+/m0/s1. The molecule has 2 atom stereocenters. The fraction of sp³-hybridized carbons (Fsp3) is 0.800. The fourth-order valence-corrected chi connectivity index (χ4v) is 3.39. The highest BCUT2D eigenvalue weighted by Gasteiger charge is 2.38. The zero-order valence-electron chi connectivity index (χ0n) is 10.7. The van der Waals surface area contributed by atoms with Gasteiger partial charge in [0.2, 0.25) is 15.9 Å². The molecule has 0 aromatic rings. The molecular formula is C10H18N2O5S. The molecule has 1 N–H and O–H groups in total. The van der Waals surface area contributed by atoms with Crippen molar-refractivity contribution in [2.45, 2.75) is 32.4 Å². The van der Waals surface area contributed by atoms with Gasteiger partial charge in [0.15, 0.2) is 0 Å². The second-order valence-electron chi connectivity index (χ2n) is 4.60. The molecule has 1 rings (SSSR count). The number of carboxylic acid groups (broad SMARTS) is 1. The molecule has 1 aliphatic rings. The molecule has 0 saturated carbocycles. The third-order valence-electron chi connectivity index (χ3n) is 3.03. The van der Waals surface area contributed by atoms with Gasteiger partial charge in [-0.05, 0) is 6.92 Å².